The van der Waals surface area contributed by atoms with Gasteiger partial charge in [0.15, 0.2) is 6.10 Å². The first-order chi connectivity index (χ1) is 15.1. The Morgan fingerprint density at radius 1 is 1.13 bits per heavy atom. The van der Waals surface area contributed by atoms with Gasteiger partial charge in [-0.25, -0.2) is 4.98 Å². The van der Waals surface area contributed by atoms with E-state index >= 15 is 0 Å². The van der Waals surface area contributed by atoms with Crippen LogP contribution in [0.15, 0.2) is 78.0 Å². The molecule has 1 unspecified atom stereocenters. The molecule has 1 aromatic heterocycles. The maximum atomic E-state index is 12.6. The van der Waals surface area contributed by atoms with Crippen molar-refractivity contribution < 1.29 is 14.3 Å². The molecule has 0 radical (unpaired) electrons. The van der Waals surface area contributed by atoms with Crippen molar-refractivity contribution in [2.45, 2.75) is 30.2 Å². The fraction of sp³-hybridized carbons (Fsp3) is 0.208. The first kappa shape index (κ1) is 20.9. The molecule has 31 heavy (non-hydrogen) atoms. The molecular formula is C24H23N3O3S. The fourth-order valence-electron chi connectivity index (χ4n) is 3.35. The Bertz CT molecular complexity index is 1070. The van der Waals surface area contributed by atoms with Gasteiger partial charge in [0, 0.05) is 30.6 Å². The van der Waals surface area contributed by atoms with Gasteiger partial charge in [0.2, 0.25) is 5.91 Å². The lowest BCUT2D eigenvalue weighted by Gasteiger charge is -2.32. The summed E-state index contributed by atoms with van der Waals surface area (Å²) in [7, 11) is 0. The number of nitrogens with zero attached hydrogens (tertiary/aromatic N) is 2. The maximum absolute atomic E-state index is 12.6. The van der Waals surface area contributed by atoms with E-state index in [-0.39, 0.29) is 18.2 Å². The number of fused-ring (bicyclic) bond motifs is 1. The van der Waals surface area contributed by atoms with E-state index < -0.39 is 6.10 Å². The average molecular weight is 434 g/mol. The third-order valence-corrected chi connectivity index (χ3v) is 5.89. The Morgan fingerprint density at radius 3 is 2.81 bits per heavy atom. The lowest BCUT2D eigenvalue weighted by molar-refractivity contribution is -0.125. The van der Waals surface area contributed by atoms with E-state index in [4.69, 9.17) is 4.74 Å². The highest BCUT2D eigenvalue weighted by Gasteiger charge is 2.31. The summed E-state index contributed by atoms with van der Waals surface area (Å²) in [4.78, 5) is 31.0. The van der Waals surface area contributed by atoms with Crippen molar-refractivity contribution in [1.82, 2.24) is 4.98 Å². The largest absolute Gasteiger partial charge is 0.479 e. The number of hydrogen-bond donors (Lipinski definition) is 1. The van der Waals surface area contributed by atoms with Gasteiger partial charge in [0.25, 0.3) is 5.91 Å². The minimum atomic E-state index is -0.564. The van der Waals surface area contributed by atoms with Crippen LogP contribution in [0.4, 0.5) is 11.4 Å². The molecule has 2 amide bonds. The molecule has 3 aromatic rings. The Kier molecular flexibility index (Phi) is 6.52. The topological polar surface area (TPSA) is 71.5 Å². The molecule has 0 aliphatic carbocycles. The molecule has 1 aliphatic heterocycles. The van der Waals surface area contributed by atoms with E-state index in [1.165, 1.54) is 0 Å². The molecule has 1 aliphatic rings. The lowest BCUT2D eigenvalue weighted by atomic mass is 10.1. The van der Waals surface area contributed by atoms with Crippen LogP contribution in [0.2, 0.25) is 0 Å². The van der Waals surface area contributed by atoms with Crippen molar-refractivity contribution in [1.29, 1.82) is 0 Å². The Hall–Kier alpha value is -3.32. The minimum absolute atomic E-state index is 0.139. The summed E-state index contributed by atoms with van der Waals surface area (Å²) in [6.07, 6.45) is 1.41. The molecule has 1 atom stereocenters. The summed E-state index contributed by atoms with van der Waals surface area (Å²) in [5.41, 5.74) is 2.54. The van der Waals surface area contributed by atoms with Gasteiger partial charge in [0.1, 0.15) is 5.75 Å². The van der Waals surface area contributed by atoms with E-state index in [0.29, 0.717) is 18.0 Å². The van der Waals surface area contributed by atoms with Crippen LogP contribution in [0, 0.1) is 0 Å². The summed E-state index contributed by atoms with van der Waals surface area (Å²) in [5.74, 6) is 1.14. The zero-order chi connectivity index (χ0) is 21.6. The molecule has 4 rings (SSSR count). The summed E-state index contributed by atoms with van der Waals surface area (Å²) in [5, 5.41) is 3.90. The molecule has 1 N–H and O–H groups in total. The first-order valence-corrected chi connectivity index (χ1v) is 11.1. The highest BCUT2D eigenvalue weighted by Crippen LogP contribution is 2.33. The van der Waals surface area contributed by atoms with Gasteiger partial charge in [-0.3, -0.25) is 9.59 Å². The molecule has 0 bridgehead atoms. The highest BCUT2D eigenvalue weighted by atomic mass is 32.2. The van der Waals surface area contributed by atoms with Crippen molar-refractivity contribution in [3.63, 3.8) is 0 Å². The number of amides is 2. The number of hydrogen-bond acceptors (Lipinski definition) is 5. The van der Waals surface area contributed by atoms with Gasteiger partial charge in [-0.2, -0.15) is 0 Å². The van der Waals surface area contributed by atoms with Crippen LogP contribution in [0.3, 0.4) is 0 Å². The molecule has 7 heteroatoms. The summed E-state index contributed by atoms with van der Waals surface area (Å²) in [6, 6.07) is 21.0. The van der Waals surface area contributed by atoms with E-state index in [2.05, 4.69) is 10.3 Å². The number of carbonyl (C=O) groups is 2. The predicted octanol–water partition coefficient (Wildman–Crippen LogP) is 4.52. The number of rotatable bonds is 7. The molecule has 6 nitrogen and oxygen atoms in total. The molecular weight excluding hydrogens is 410 g/mol. The van der Waals surface area contributed by atoms with Gasteiger partial charge in [-0.15, -0.1) is 11.8 Å². The zero-order valence-corrected chi connectivity index (χ0v) is 18.0. The van der Waals surface area contributed by atoms with Crippen molar-refractivity contribution in [3.05, 3.63) is 78.5 Å². The fourth-order valence-corrected chi connectivity index (χ4v) is 4.16. The standard InChI is InChI=1S/C24H23N3O3S/c1-17-24(29)27(20-9-2-3-10-21(20)30-17)14-12-22(28)26-19-8-6-7-18(15-19)16-31-23-11-4-5-13-25-23/h2-11,13,15,17H,12,14,16H2,1H3,(H,26,28). The van der Waals surface area contributed by atoms with Crippen molar-refractivity contribution in [2.24, 2.45) is 0 Å². The molecule has 2 aromatic carbocycles. The van der Waals surface area contributed by atoms with Gasteiger partial charge < -0.3 is 15.0 Å². The Balaban J connectivity index is 1.34. The summed E-state index contributed by atoms with van der Waals surface area (Å²) >= 11 is 1.64. The number of anilines is 2. The highest BCUT2D eigenvalue weighted by molar-refractivity contribution is 7.98. The number of benzene rings is 2. The number of carbonyl (C=O) groups excluding carboxylic acids is 2. The number of pyridine rings is 1. The zero-order valence-electron chi connectivity index (χ0n) is 17.2. The average Bonchev–Trinajstić information content (AvgIpc) is 2.79. The lowest BCUT2D eigenvalue weighted by Crippen LogP contribution is -2.45. The molecule has 158 valence electrons. The van der Waals surface area contributed by atoms with Crippen molar-refractivity contribution >= 4 is 35.0 Å². The van der Waals surface area contributed by atoms with E-state index in [0.717, 1.165) is 22.0 Å². The van der Waals surface area contributed by atoms with Gasteiger partial charge in [-0.05, 0) is 48.9 Å². The number of aromatic nitrogens is 1. The van der Waals surface area contributed by atoms with Gasteiger partial charge in [-0.1, -0.05) is 30.3 Å². The molecule has 0 fully saturated rings. The summed E-state index contributed by atoms with van der Waals surface area (Å²) in [6.45, 7) is 2.02. The van der Waals surface area contributed by atoms with Gasteiger partial charge >= 0.3 is 0 Å². The first-order valence-electron chi connectivity index (χ1n) is 10.1. The number of thioether (sulfide) groups is 1. The van der Waals surface area contributed by atoms with Crippen LogP contribution >= 0.6 is 11.8 Å². The van der Waals surface area contributed by atoms with E-state index in [9.17, 15) is 9.59 Å². The van der Waals surface area contributed by atoms with E-state index in [1.54, 1.807) is 29.8 Å². The SMILES string of the molecule is CC1Oc2ccccc2N(CCC(=O)Nc2cccc(CSc3ccccn3)c2)C1=O. The molecule has 0 saturated carbocycles. The monoisotopic (exact) mass is 433 g/mol. The quantitative estimate of drug-likeness (QED) is 0.555. The van der Waals surface area contributed by atoms with Crippen molar-refractivity contribution in [2.75, 3.05) is 16.8 Å². The second-order valence-corrected chi connectivity index (χ2v) is 8.17. The molecule has 0 saturated heterocycles. The van der Waals surface area contributed by atoms with Crippen LogP contribution in [0.25, 0.3) is 0 Å². The van der Waals surface area contributed by atoms with Crippen LogP contribution in [0.5, 0.6) is 5.75 Å². The normalized spacial score (nSPS) is 15.2. The third kappa shape index (κ3) is 5.24. The van der Waals surface area contributed by atoms with Crippen LogP contribution in [0.1, 0.15) is 18.9 Å². The number of ether oxygens (including phenoxy) is 1. The summed E-state index contributed by atoms with van der Waals surface area (Å²) < 4.78 is 5.65. The maximum Gasteiger partial charge on any atom is 0.267 e. The number of para-hydroxylation sites is 2. The molecule has 2 heterocycles. The molecule has 0 spiro atoms. The van der Waals surface area contributed by atoms with Crippen LogP contribution in [-0.2, 0) is 15.3 Å². The third-order valence-electron chi connectivity index (χ3n) is 4.87. The van der Waals surface area contributed by atoms with E-state index in [1.807, 2.05) is 66.7 Å². The smallest absolute Gasteiger partial charge is 0.267 e. The Labute approximate surface area is 185 Å². The Morgan fingerprint density at radius 2 is 1.97 bits per heavy atom. The second kappa shape index (κ2) is 9.66. The number of nitrogens with one attached hydrogen (secondary N) is 1. The van der Waals surface area contributed by atoms with Gasteiger partial charge in [0.05, 0.1) is 10.7 Å². The minimum Gasteiger partial charge on any atom is -0.479 e. The van der Waals surface area contributed by atoms with Crippen LogP contribution < -0.4 is 15.0 Å². The predicted molar refractivity (Wildman–Crippen MR) is 122 cm³/mol. The second-order valence-electron chi connectivity index (χ2n) is 7.17. The van der Waals surface area contributed by atoms with Crippen molar-refractivity contribution in [3.8, 4) is 5.75 Å². The van der Waals surface area contributed by atoms with Crippen LogP contribution in [-0.4, -0.2) is 29.4 Å².